The van der Waals surface area contributed by atoms with Gasteiger partial charge in [-0.25, -0.2) is 4.98 Å². The fraction of sp³-hybridized carbons (Fsp3) is 0.308. The Kier molecular flexibility index (Phi) is 3.16. The van der Waals surface area contributed by atoms with Crippen LogP contribution in [-0.4, -0.2) is 11.0 Å². The fourth-order valence-corrected chi connectivity index (χ4v) is 2.95. The predicted molar refractivity (Wildman–Crippen MR) is 75.5 cm³/mol. The van der Waals surface area contributed by atoms with Crippen molar-refractivity contribution in [2.24, 2.45) is 0 Å². The first kappa shape index (κ1) is 11.2. The lowest BCUT2D eigenvalue weighted by Crippen LogP contribution is -2.25. The van der Waals surface area contributed by atoms with Gasteiger partial charge in [0.2, 0.25) is 0 Å². The maximum Gasteiger partial charge on any atom is 0.130 e. The minimum Gasteiger partial charge on any atom is -0.348 e. The summed E-state index contributed by atoms with van der Waals surface area (Å²) >= 11 is 5.26. The first-order valence-corrected chi connectivity index (χ1v) is 7.42. The van der Waals surface area contributed by atoms with Crippen molar-refractivity contribution in [1.29, 1.82) is 0 Å². The number of rotatable bonds is 4. The van der Waals surface area contributed by atoms with Gasteiger partial charge in [0.15, 0.2) is 0 Å². The summed E-state index contributed by atoms with van der Waals surface area (Å²) in [6, 6.07) is 11.1. The number of aromatic nitrogens is 1. The molecule has 1 aliphatic rings. The molecule has 0 radical (unpaired) electrons. The summed E-state index contributed by atoms with van der Waals surface area (Å²) in [5, 5.41) is 2.13. The molecule has 1 fully saturated rings. The lowest BCUT2D eigenvalue weighted by atomic mass is 10.3. The number of nitrogens with zero attached hydrogens (tertiary/aromatic N) is 2. The van der Waals surface area contributed by atoms with Gasteiger partial charge in [0.25, 0.3) is 0 Å². The minimum atomic E-state index is 0.680. The van der Waals surface area contributed by atoms with Crippen molar-refractivity contribution < 1.29 is 0 Å². The predicted octanol–water partition coefficient (Wildman–Crippen LogP) is 4.07. The average molecular weight is 309 g/mol. The second-order valence-electron chi connectivity index (χ2n) is 4.26. The molecule has 0 bridgehead atoms. The Balaban J connectivity index is 1.85. The van der Waals surface area contributed by atoms with Crippen LogP contribution in [0.5, 0.6) is 0 Å². The van der Waals surface area contributed by atoms with Crippen LogP contribution in [0.3, 0.4) is 0 Å². The molecule has 2 aromatic rings. The van der Waals surface area contributed by atoms with E-state index in [4.69, 9.17) is 0 Å². The molecule has 0 aliphatic heterocycles. The number of thiophene rings is 1. The highest BCUT2D eigenvalue weighted by atomic mass is 79.9. The summed E-state index contributed by atoms with van der Waals surface area (Å²) in [6.07, 6.45) is 2.58. The third-order valence-electron chi connectivity index (χ3n) is 2.89. The van der Waals surface area contributed by atoms with Crippen molar-refractivity contribution in [3.63, 3.8) is 0 Å². The van der Waals surface area contributed by atoms with E-state index in [0.29, 0.717) is 6.04 Å². The van der Waals surface area contributed by atoms with Crippen LogP contribution >= 0.6 is 27.3 Å². The summed E-state index contributed by atoms with van der Waals surface area (Å²) < 4.78 is 0.909. The summed E-state index contributed by atoms with van der Waals surface area (Å²) in [6.45, 7) is 0.978. The van der Waals surface area contributed by atoms with Gasteiger partial charge in [-0.3, -0.25) is 0 Å². The molecule has 4 heteroatoms. The molecule has 17 heavy (non-hydrogen) atoms. The van der Waals surface area contributed by atoms with Crippen LogP contribution in [0.2, 0.25) is 0 Å². The zero-order chi connectivity index (χ0) is 11.7. The van der Waals surface area contributed by atoms with Gasteiger partial charge in [0.05, 0.1) is 6.54 Å². The Morgan fingerprint density at radius 2 is 2.18 bits per heavy atom. The van der Waals surface area contributed by atoms with Crippen LogP contribution in [-0.2, 0) is 6.54 Å². The molecule has 0 saturated heterocycles. The largest absolute Gasteiger partial charge is 0.348 e. The van der Waals surface area contributed by atoms with Crippen molar-refractivity contribution in [3.05, 3.63) is 45.2 Å². The van der Waals surface area contributed by atoms with Gasteiger partial charge in [-0.15, -0.1) is 11.3 Å². The molecule has 1 aliphatic carbocycles. The normalized spacial score (nSPS) is 14.9. The van der Waals surface area contributed by atoms with E-state index in [-0.39, 0.29) is 0 Å². The summed E-state index contributed by atoms with van der Waals surface area (Å²) in [4.78, 5) is 8.38. The zero-order valence-corrected chi connectivity index (χ0v) is 11.7. The topological polar surface area (TPSA) is 16.1 Å². The number of halogens is 1. The minimum absolute atomic E-state index is 0.680. The molecule has 0 N–H and O–H groups in total. The monoisotopic (exact) mass is 308 g/mol. The first-order valence-electron chi connectivity index (χ1n) is 5.74. The zero-order valence-electron chi connectivity index (χ0n) is 9.34. The highest BCUT2D eigenvalue weighted by Gasteiger charge is 2.30. The van der Waals surface area contributed by atoms with Crippen LogP contribution in [0.1, 0.15) is 17.7 Å². The third kappa shape index (κ3) is 2.69. The van der Waals surface area contributed by atoms with E-state index in [1.807, 2.05) is 17.4 Å². The highest BCUT2D eigenvalue weighted by molar-refractivity contribution is 9.10. The Morgan fingerprint density at radius 3 is 2.82 bits per heavy atom. The highest BCUT2D eigenvalue weighted by Crippen LogP contribution is 2.33. The second-order valence-corrected chi connectivity index (χ2v) is 6.10. The summed E-state index contributed by atoms with van der Waals surface area (Å²) in [5.74, 6) is 1.08. The van der Waals surface area contributed by atoms with Gasteiger partial charge >= 0.3 is 0 Å². The molecule has 2 aromatic heterocycles. The van der Waals surface area contributed by atoms with E-state index in [2.05, 4.69) is 55.5 Å². The van der Waals surface area contributed by atoms with Crippen LogP contribution in [0.4, 0.5) is 5.82 Å². The maximum absolute atomic E-state index is 4.56. The molecule has 2 heterocycles. The molecule has 0 atom stereocenters. The molecule has 0 amide bonds. The molecule has 2 nitrogen and oxygen atoms in total. The molecule has 0 spiro atoms. The van der Waals surface area contributed by atoms with Gasteiger partial charge in [0, 0.05) is 10.9 Å². The Hall–Kier alpha value is -0.870. The quantitative estimate of drug-likeness (QED) is 0.791. The molecule has 0 unspecified atom stereocenters. The summed E-state index contributed by atoms with van der Waals surface area (Å²) in [5.41, 5.74) is 0. The van der Waals surface area contributed by atoms with Crippen molar-refractivity contribution >= 4 is 33.1 Å². The lowest BCUT2D eigenvalue weighted by Gasteiger charge is -2.22. The van der Waals surface area contributed by atoms with Crippen molar-refractivity contribution in [2.75, 3.05) is 4.90 Å². The second kappa shape index (κ2) is 4.78. The van der Waals surface area contributed by atoms with E-state index >= 15 is 0 Å². The van der Waals surface area contributed by atoms with Crippen LogP contribution < -0.4 is 4.90 Å². The van der Waals surface area contributed by atoms with Crippen LogP contribution in [0.25, 0.3) is 0 Å². The van der Waals surface area contributed by atoms with Crippen LogP contribution in [0.15, 0.2) is 40.3 Å². The van der Waals surface area contributed by atoms with Crippen molar-refractivity contribution in [1.82, 2.24) is 4.98 Å². The lowest BCUT2D eigenvalue weighted by molar-refractivity contribution is 0.785. The van der Waals surface area contributed by atoms with Crippen molar-refractivity contribution in [3.8, 4) is 0 Å². The number of anilines is 1. The van der Waals surface area contributed by atoms with Gasteiger partial charge in [0.1, 0.15) is 10.4 Å². The average Bonchev–Trinajstić information content (AvgIpc) is 3.03. The first-order chi connectivity index (χ1) is 8.33. The van der Waals surface area contributed by atoms with Gasteiger partial charge in [-0.1, -0.05) is 12.1 Å². The van der Waals surface area contributed by atoms with Gasteiger partial charge < -0.3 is 4.90 Å². The molecule has 3 rings (SSSR count). The van der Waals surface area contributed by atoms with Gasteiger partial charge in [-0.2, -0.15) is 0 Å². The number of hydrogen-bond acceptors (Lipinski definition) is 3. The SMILES string of the molecule is Brc1cccc(N(Cc2cccs2)C2CC2)n1. The Bertz CT molecular complexity index is 494. The fourth-order valence-electron chi connectivity index (χ4n) is 1.91. The van der Waals surface area contributed by atoms with Gasteiger partial charge in [-0.05, 0) is 52.4 Å². The Labute approximate surface area is 113 Å². The van der Waals surface area contributed by atoms with E-state index in [1.165, 1.54) is 17.7 Å². The van der Waals surface area contributed by atoms with E-state index in [1.54, 1.807) is 0 Å². The van der Waals surface area contributed by atoms with Crippen LogP contribution in [0, 0.1) is 0 Å². The molecular formula is C13H13BrN2S. The molecule has 0 aromatic carbocycles. The summed E-state index contributed by atoms with van der Waals surface area (Å²) in [7, 11) is 0. The number of pyridine rings is 1. The van der Waals surface area contributed by atoms with E-state index in [0.717, 1.165) is 17.0 Å². The standard InChI is InChI=1S/C13H13BrN2S/c14-12-4-1-5-13(15-12)16(10-6-7-10)9-11-3-2-8-17-11/h1-5,8,10H,6-7,9H2. The van der Waals surface area contributed by atoms with Crippen molar-refractivity contribution in [2.45, 2.75) is 25.4 Å². The molecule has 88 valence electrons. The number of hydrogen-bond donors (Lipinski definition) is 0. The van der Waals surface area contributed by atoms with E-state index in [9.17, 15) is 0 Å². The Morgan fingerprint density at radius 1 is 1.29 bits per heavy atom. The smallest absolute Gasteiger partial charge is 0.130 e. The maximum atomic E-state index is 4.56. The molecular weight excluding hydrogens is 296 g/mol. The van der Waals surface area contributed by atoms with E-state index < -0.39 is 0 Å². The third-order valence-corrected chi connectivity index (χ3v) is 4.19. The molecule has 1 saturated carbocycles.